The van der Waals surface area contributed by atoms with E-state index in [1.807, 2.05) is 0 Å². The Labute approximate surface area is 97.4 Å². The summed E-state index contributed by atoms with van der Waals surface area (Å²) in [5, 5.41) is 9.61. The van der Waals surface area contributed by atoms with Crippen LogP contribution in [0.1, 0.15) is 12.0 Å². The second-order valence-corrected chi connectivity index (χ2v) is 4.28. The zero-order valence-corrected chi connectivity index (χ0v) is 9.25. The van der Waals surface area contributed by atoms with Gasteiger partial charge in [0.2, 0.25) is 5.91 Å². The summed E-state index contributed by atoms with van der Waals surface area (Å²) >= 11 is 5.85. The van der Waals surface area contributed by atoms with Crippen LogP contribution in [0.4, 0.5) is 4.39 Å². The van der Waals surface area contributed by atoms with Gasteiger partial charge >= 0.3 is 0 Å². The fraction of sp³-hybridized carbons (Fsp3) is 0.364. The van der Waals surface area contributed by atoms with Crippen molar-refractivity contribution in [2.24, 2.45) is 0 Å². The van der Waals surface area contributed by atoms with Crippen molar-refractivity contribution < 1.29 is 14.3 Å². The van der Waals surface area contributed by atoms with E-state index in [1.165, 1.54) is 17.0 Å². The van der Waals surface area contributed by atoms with Gasteiger partial charge in [0, 0.05) is 18.1 Å². The number of carbonyl (C=O) groups excluding carboxylic acids is 1. The van der Waals surface area contributed by atoms with E-state index in [0.717, 1.165) is 0 Å². The molecule has 0 saturated carbocycles. The van der Waals surface area contributed by atoms with Crippen LogP contribution in [0.3, 0.4) is 0 Å². The number of amides is 1. The summed E-state index contributed by atoms with van der Waals surface area (Å²) in [6, 6.07) is 4.07. The van der Waals surface area contributed by atoms with Gasteiger partial charge in [0.15, 0.2) is 0 Å². The maximum absolute atomic E-state index is 12.8. The molecule has 1 saturated heterocycles. The molecule has 3 nitrogen and oxygen atoms in total. The molecule has 1 aromatic rings. The summed E-state index contributed by atoms with van der Waals surface area (Å²) in [5.74, 6) is -0.505. The third-order valence-electron chi connectivity index (χ3n) is 2.57. The molecule has 0 spiro atoms. The minimum Gasteiger partial charge on any atom is -0.391 e. The van der Waals surface area contributed by atoms with Gasteiger partial charge in [-0.1, -0.05) is 17.7 Å². The molecule has 0 radical (unpaired) electrons. The van der Waals surface area contributed by atoms with Crippen molar-refractivity contribution in [3.05, 3.63) is 34.6 Å². The van der Waals surface area contributed by atoms with Crippen molar-refractivity contribution in [3.63, 3.8) is 0 Å². The Morgan fingerprint density at radius 3 is 2.88 bits per heavy atom. The first kappa shape index (κ1) is 11.4. The number of nitrogens with zero attached hydrogens (tertiary/aromatic N) is 1. The molecule has 1 heterocycles. The Hall–Kier alpha value is -1.13. The van der Waals surface area contributed by atoms with E-state index >= 15 is 0 Å². The first-order valence-electron chi connectivity index (χ1n) is 4.96. The lowest BCUT2D eigenvalue weighted by Gasteiger charge is -2.16. The lowest BCUT2D eigenvalue weighted by atomic mass is 10.2. The average Bonchev–Trinajstić information content (AvgIpc) is 2.50. The fourth-order valence-electron chi connectivity index (χ4n) is 1.76. The van der Waals surface area contributed by atoms with E-state index in [-0.39, 0.29) is 12.3 Å². The smallest absolute Gasteiger partial charge is 0.225 e. The van der Waals surface area contributed by atoms with Crippen molar-refractivity contribution in [2.75, 3.05) is 6.54 Å². The third-order valence-corrected chi connectivity index (χ3v) is 2.92. The van der Waals surface area contributed by atoms with E-state index in [2.05, 4.69) is 0 Å². The Bertz CT molecular complexity index is 424. The minimum atomic E-state index is -0.605. The molecule has 1 aliphatic rings. The molecule has 1 fully saturated rings. The van der Waals surface area contributed by atoms with Crippen molar-refractivity contribution in [3.8, 4) is 0 Å². The van der Waals surface area contributed by atoms with E-state index in [1.54, 1.807) is 6.07 Å². The third kappa shape index (κ3) is 2.33. The molecule has 1 unspecified atom stereocenters. The van der Waals surface area contributed by atoms with Gasteiger partial charge in [-0.3, -0.25) is 4.79 Å². The van der Waals surface area contributed by atoms with Crippen LogP contribution < -0.4 is 0 Å². The topological polar surface area (TPSA) is 40.5 Å². The van der Waals surface area contributed by atoms with Crippen LogP contribution in [0.5, 0.6) is 0 Å². The molecule has 2 rings (SSSR count). The SMILES string of the molecule is O=C1CC(O)CN1Cc1ccc(F)cc1Cl. The lowest BCUT2D eigenvalue weighted by molar-refractivity contribution is -0.128. The van der Waals surface area contributed by atoms with Crippen molar-refractivity contribution in [1.82, 2.24) is 4.90 Å². The first-order chi connectivity index (χ1) is 7.56. The van der Waals surface area contributed by atoms with E-state index in [0.29, 0.717) is 23.7 Å². The van der Waals surface area contributed by atoms with Gasteiger partial charge in [-0.2, -0.15) is 0 Å². The summed E-state index contributed by atoms with van der Waals surface area (Å²) in [6.07, 6.45) is -0.453. The molecule has 1 atom stereocenters. The summed E-state index contributed by atoms with van der Waals surface area (Å²) in [7, 11) is 0. The van der Waals surface area contributed by atoms with Gasteiger partial charge < -0.3 is 10.0 Å². The second-order valence-electron chi connectivity index (χ2n) is 3.87. The summed E-state index contributed by atoms with van der Waals surface area (Å²) in [6.45, 7) is 0.627. The predicted octanol–water partition coefficient (Wildman–Crippen LogP) is 1.57. The highest BCUT2D eigenvalue weighted by molar-refractivity contribution is 6.31. The molecule has 16 heavy (non-hydrogen) atoms. The number of hydrogen-bond donors (Lipinski definition) is 1. The summed E-state index contributed by atoms with van der Waals surface area (Å²) in [5.41, 5.74) is 0.686. The van der Waals surface area contributed by atoms with E-state index in [9.17, 15) is 14.3 Å². The fourth-order valence-corrected chi connectivity index (χ4v) is 1.99. The number of aliphatic hydroxyl groups excluding tert-OH is 1. The van der Waals surface area contributed by atoms with Gasteiger partial charge in [0.1, 0.15) is 5.82 Å². The molecule has 1 aromatic carbocycles. The summed E-state index contributed by atoms with van der Waals surface area (Å²) < 4.78 is 12.8. The zero-order valence-electron chi connectivity index (χ0n) is 8.49. The Morgan fingerprint density at radius 1 is 1.56 bits per heavy atom. The number of carbonyl (C=O) groups is 1. The Kier molecular flexibility index (Phi) is 3.12. The van der Waals surface area contributed by atoms with Gasteiger partial charge in [-0.15, -0.1) is 0 Å². The van der Waals surface area contributed by atoms with Gasteiger partial charge in [0.25, 0.3) is 0 Å². The Morgan fingerprint density at radius 2 is 2.31 bits per heavy atom. The van der Waals surface area contributed by atoms with Crippen molar-refractivity contribution >= 4 is 17.5 Å². The van der Waals surface area contributed by atoms with Crippen molar-refractivity contribution in [1.29, 1.82) is 0 Å². The maximum atomic E-state index is 12.8. The highest BCUT2D eigenvalue weighted by atomic mass is 35.5. The van der Waals surface area contributed by atoms with Crippen LogP contribution in [0, 0.1) is 5.82 Å². The molecule has 0 aromatic heterocycles. The average molecular weight is 244 g/mol. The minimum absolute atomic E-state index is 0.104. The number of β-amino-alcohol motifs (C(OH)–C–C–N with tert-alkyl or cyclic N) is 1. The highest BCUT2D eigenvalue weighted by Crippen LogP contribution is 2.21. The first-order valence-corrected chi connectivity index (χ1v) is 5.34. The van der Waals surface area contributed by atoms with Crippen LogP contribution in [-0.4, -0.2) is 28.6 Å². The molecular formula is C11H11ClFNO2. The number of aliphatic hydroxyl groups is 1. The molecule has 1 amide bonds. The molecule has 1 N–H and O–H groups in total. The van der Waals surface area contributed by atoms with Gasteiger partial charge in [0.05, 0.1) is 12.5 Å². The number of halogens is 2. The van der Waals surface area contributed by atoms with Crippen molar-refractivity contribution in [2.45, 2.75) is 19.1 Å². The van der Waals surface area contributed by atoms with Crippen LogP contribution in [0.15, 0.2) is 18.2 Å². The molecule has 5 heteroatoms. The molecule has 0 aliphatic carbocycles. The normalized spacial score (nSPS) is 20.6. The number of likely N-dealkylation sites (tertiary alicyclic amines) is 1. The van der Waals surface area contributed by atoms with Crippen LogP contribution >= 0.6 is 11.6 Å². The number of hydrogen-bond acceptors (Lipinski definition) is 2. The second kappa shape index (κ2) is 4.39. The molecule has 86 valence electrons. The Balaban J connectivity index is 2.12. The van der Waals surface area contributed by atoms with Crippen LogP contribution in [0.25, 0.3) is 0 Å². The zero-order chi connectivity index (χ0) is 11.7. The molecular weight excluding hydrogens is 233 g/mol. The monoisotopic (exact) mass is 243 g/mol. The highest BCUT2D eigenvalue weighted by Gasteiger charge is 2.28. The number of rotatable bonds is 2. The maximum Gasteiger partial charge on any atom is 0.225 e. The number of benzene rings is 1. The lowest BCUT2D eigenvalue weighted by Crippen LogP contribution is -2.25. The van der Waals surface area contributed by atoms with Crippen LogP contribution in [0.2, 0.25) is 5.02 Å². The van der Waals surface area contributed by atoms with E-state index < -0.39 is 11.9 Å². The van der Waals surface area contributed by atoms with E-state index in [4.69, 9.17) is 11.6 Å². The van der Waals surface area contributed by atoms with Gasteiger partial charge in [-0.25, -0.2) is 4.39 Å². The molecule has 1 aliphatic heterocycles. The van der Waals surface area contributed by atoms with Gasteiger partial charge in [-0.05, 0) is 17.7 Å². The standard InChI is InChI=1S/C11H11ClFNO2/c12-10-3-8(13)2-1-7(10)5-14-6-9(15)4-11(14)16/h1-3,9,15H,4-6H2. The largest absolute Gasteiger partial charge is 0.391 e. The quantitative estimate of drug-likeness (QED) is 0.857. The summed E-state index contributed by atoms with van der Waals surface area (Å²) in [4.78, 5) is 12.9. The molecule has 0 bridgehead atoms. The predicted molar refractivity (Wildman–Crippen MR) is 57.5 cm³/mol. The van der Waals surface area contributed by atoms with Crippen LogP contribution in [-0.2, 0) is 11.3 Å².